The van der Waals surface area contributed by atoms with Crippen molar-refractivity contribution in [1.82, 2.24) is 0 Å². The lowest BCUT2D eigenvalue weighted by molar-refractivity contribution is -0.120. The van der Waals surface area contributed by atoms with E-state index in [1.54, 1.807) is 24.3 Å². The number of para-hydroxylation sites is 2. The molecule has 0 unspecified atom stereocenters. The summed E-state index contributed by atoms with van der Waals surface area (Å²) in [6.45, 7) is 8.01. The molecule has 0 saturated carbocycles. The van der Waals surface area contributed by atoms with Gasteiger partial charge in [0.25, 0.3) is 11.8 Å². The molecule has 0 atom stereocenters. The molecule has 0 spiro atoms. The molecule has 0 radical (unpaired) electrons. The molecule has 0 saturated heterocycles. The summed E-state index contributed by atoms with van der Waals surface area (Å²) in [5, 5.41) is 3.26. The number of nitrogens with one attached hydrogen (secondary N) is 1. The number of nitrogens with zero attached hydrogens (tertiary/aromatic N) is 1. The lowest BCUT2D eigenvalue weighted by Crippen LogP contribution is -2.32. The fourth-order valence-electron chi connectivity index (χ4n) is 3.93. The average Bonchev–Trinajstić information content (AvgIpc) is 3.01. The van der Waals surface area contributed by atoms with Gasteiger partial charge in [0.2, 0.25) is 0 Å². The van der Waals surface area contributed by atoms with Gasteiger partial charge in [-0.1, -0.05) is 48.0 Å². The maximum atomic E-state index is 13.7. The topological polar surface area (TPSA) is 58.6 Å². The normalized spacial score (nSPS) is 13.7. The first-order chi connectivity index (χ1) is 15.3. The highest BCUT2D eigenvalue weighted by molar-refractivity contribution is 6.46. The quantitative estimate of drug-likeness (QED) is 0.561. The van der Waals surface area contributed by atoms with Crippen molar-refractivity contribution < 1.29 is 14.3 Å². The van der Waals surface area contributed by atoms with Crippen molar-refractivity contribution in [2.75, 3.05) is 17.3 Å². The number of benzene rings is 3. The fourth-order valence-corrected chi connectivity index (χ4v) is 3.93. The molecule has 3 aromatic rings. The Hall–Kier alpha value is -3.86. The molecule has 32 heavy (non-hydrogen) atoms. The minimum absolute atomic E-state index is 0.260. The molecule has 4 rings (SSSR count). The van der Waals surface area contributed by atoms with Crippen molar-refractivity contribution >= 4 is 28.8 Å². The first-order valence-electron chi connectivity index (χ1n) is 10.5. The first kappa shape index (κ1) is 21.4. The minimum Gasteiger partial charge on any atom is -0.495 e. The van der Waals surface area contributed by atoms with Gasteiger partial charge >= 0.3 is 0 Å². The molecule has 1 N–H and O–H groups in total. The van der Waals surface area contributed by atoms with E-state index in [2.05, 4.69) is 5.32 Å². The Balaban J connectivity index is 1.88. The highest BCUT2D eigenvalue weighted by Gasteiger charge is 2.41. The predicted molar refractivity (Wildman–Crippen MR) is 128 cm³/mol. The van der Waals surface area contributed by atoms with Crippen molar-refractivity contribution in [1.29, 1.82) is 0 Å². The Morgan fingerprint density at radius 2 is 1.53 bits per heavy atom. The second-order valence-electron chi connectivity index (χ2n) is 8.11. The molecule has 1 heterocycles. The molecule has 0 fully saturated rings. The second-order valence-corrected chi connectivity index (χ2v) is 8.11. The van der Waals surface area contributed by atoms with E-state index in [9.17, 15) is 9.59 Å². The van der Waals surface area contributed by atoms with Gasteiger partial charge in [-0.25, -0.2) is 4.90 Å². The van der Waals surface area contributed by atoms with E-state index < -0.39 is 5.91 Å². The summed E-state index contributed by atoms with van der Waals surface area (Å²) in [6.07, 6.45) is 0. The fraction of sp³-hybridized carbons (Fsp3) is 0.185. The summed E-state index contributed by atoms with van der Waals surface area (Å²) in [6, 6.07) is 18.8. The highest BCUT2D eigenvalue weighted by Crippen LogP contribution is 2.38. The molecule has 3 aromatic carbocycles. The Morgan fingerprint density at radius 3 is 2.22 bits per heavy atom. The van der Waals surface area contributed by atoms with Gasteiger partial charge in [0.1, 0.15) is 11.4 Å². The maximum absolute atomic E-state index is 13.7. The van der Waals surface area contributed by atoms with Crippen molar-refractivity contribution in [2.45, 2.75) is 27.7 Å². The third kappa shape index (κ3) is 3.66. The summed E-state index contributed by atoms with van der Waals surface area (Å²) >= 11 is 0. The second kappa shape index (κ2) is 8.35. The molecule has 1 aliphatic rings. The number of anilines is 2. The number of rotatable bonds is 5. The van der Waals surface area contributed by atoms with E-state index in [4.69, 9.17) is 4.74 Å². The van der Waals surface area contributed by atoms with E-state index in [0.29, 0.717) is 22.6 Å². The van der Waals surface area contributed by atoms with Crippen LogP contribution in [0.4, 0.5) is 11.4 Å². The van der Waals surface area contributed by atoms with Crippen LogP contribution in [0.2, 0.25) is 0 Å². The van der Waals surface area contributed by atoms with Crippen LogP contribution in [-0.2, 0) is 9.59 Å². The smallest absolute Gasteiger partial charge is 0.282 e. The molecule has 0 aromatic heterocycles. The Morgan fingerprint density at radius 1 is 0.781 bits per heavy atom. The number of ether oxygens (including phenoxy) is 1. The van der Waals surface area contributed by atoms with Crippen LogP contribution in [0.3, 0.4) is 0 Å². The zero-order valence-corrected chi connectivity index (χ0v) is 18.9. The molecule has 0 aliphatic carbocycles. The molecular formula is C27H26N2O3. The average molecular weight is 427 g/mol. The van der Waals surface area contributed by atoms with Crippen molar-refractivity contribution in [3.63, 3.8) is 0 Å². The SMILES string of the molecule is COc1ccccc1N1C(=O)C(Nc2ccc(C)cc2C)=C(c2ccc(C)c(C)c2)C1=O. The van der Waals surface area contributed by atoms with Gasteiger partial charge in [-0.05, 0) is 68.1 Å². The van der Waals surface area contributed by atoms with Gasteiger partial charge in [-0.2, -0.15) is 0 Å². The largest absolute Gasteiger partial charge is 0.495 e. The lowest BCUT2D eigenvalue weighted by atomic mass is 9.99. The molecular weight excluding hydrogens is 400 g/mol. The Kier molecular flexibility index (Phi) is 5.57. The summed E-state index contributed by atoms with van der Waals surface area (Å²) in [7, 11) is 1.52. The van der Waals surface area contributed by atoms with Crippen molar-refractivity contribution in [3.05, 3.63) is 94.2 Å². The molecule has 5 nitrogen and oxygen atoms in total. The zero-order valence-electron chi connectivity index (χ0n) is 18.9. The van der Waals surface area contributed by atoms with E-state index in [1.807, 2.05) is 64.1 Å². The van der Waals surface area contributed by atoms with Crippen molar-refractivity contribution in [2.24, 2.45) is 0 Å². The van der Waals surface area contributed by atoms with E-state index >= 15 is 0 Å². The number of carbonyl (C=O) groups is 2. The van der Waals surface area contributed by atoms with E-state index in [-0.39, 0.29) is 11.6 Å². The summed E-state index contributed by atoms with van der Waals surface area (Å²) in [5.74, 6) is -0.330. The number of carbonyl (C=O) groups excluding carboxylic acids is 2. The Labute approximate surface area is 188 Å². The first-order valence-corrected chi connectivity index (χ1v) is 10.5. The molecule has 5 heteroatoms. The van der Waals surface area contributed by atoms with Crippen LogP contribution < -0.4 is 15.0 Å². The van der Waals surface area contributed by atoms with Crippen LogP contribution in [0, 0.1) is 27.7 Å². The van der Waals surface area contributed by atoms with Crippen molar-refractivity contribution in [3.8, 4) is 5.75 Å². The number of aryl methyl sites for hydroxylation is 4. The molecule has 2 amide bonds. The van der Waals surface area contributed by atoms with E-state index in [1.165, 1.54) is 12.0 Å². The van der Waals surface area contributed by atoms with Gasteiger partial charge < -0.3 is 10.1 Å². The van der Waals surface area contributed by atoms with Crippen LogP contribution in [-0.4, -0.2) is 18.9 Å². The minimum atomic E-state index is -0.410. The summed E-state index contributed by atoms with van der Waals surface area (Å²) < 4.78 is 5.43. The number of imide groups is 1. The van der Waals surface area contributed by atoms with Gasteiger partial charge in [0.05, 0.1) is 18.4 Å². The van der Waals surface area contributed by atoms with Gasteiger partial charge in [0.15, 0.2) is 0 Å². The molecule has 162 valence electrons. The van der Waals surface area contributed by atoms with Gasteiger partial charge in [0, 0.05) is 5.69 Å². The third-order valence-electron chi connectivity index (χ3n) is 5.85. The predicted octanol–water partition coefficient (Wildman–Crippen LogP) is 5.33. The van der Waals surface area contributed by atoms with Gasteiger partial charge in [-0.3, -0.25) is 9.59 Å². The van der Waals surface area contributed by atoms with E-state index in [0.717, 1.165) is 27.9 Å². The number of hydrogen-bond acceptors (Lipinski definition) is 4. The number of methoxy groups -OCH3 is 1. The van der Waals surface area contributed by atoms with Crippen LogP contribution in [0.5, 0.6) is 5.75 Å². The zero-order chi connectivity index (χ0) is 23.0. The molecule has 0 bridgehead atoms. The highest BCUT2D eigenvalue weighted by atomic mass is 16.5. The van der Waals surface area contributed by atoms with Crippen LogP contribution in [0.1, 0.15) is 27.8 Å². The Bertz CT molecular complexity index is 1270. The standard InChI is InChI=1S/C27H26N2O3/c1-16-10-13-21(19(4)14-16)28-25-24(20-12-11-17(2)18(3)15-20)26(30)29(27(25)31)22-8-6-7-9-23(22)32-5/h6-15,28H,1-5H3. The lowest BCUT2D eigenvalue weighted by Gasteiger charge is -2.18. The number of hydrogen-bond donors (Lipinski definition) is 1. The van der Waals surface area contributed by atoms with Crippen LogP contribution >= 0.6 is 0 Å². The molecule has 1 aliphatic heterocycles. The van der Waals surface area contributed by atoms with Crippen LogP contribution in [0.15, 0.2) is 66.4 Å². The maximum Gasteiger partial charge on any atom is 0.282 e. The monoisotopic (exact) mass is 426 g/mol. The summed E-state index contributed by atoms with van der Waals surface area (Å²) in [4.78, 5) is 28.5. The summed E-state index contributed by atoms with van der Waals surface area (Å²) in [5.41, 5.74) is 6.82. The van der Waals surface area contributed by atoms with Crippen LogP contribution in [0.25, 0.3) is 5.57 Å². The number of amides is 2. The van der Waals surface area contributed by atoms with Gasteiger partial charge in [-0.15, -0.1) is 0 Å². The third-order valence-corrected chi connectivity index (χ3v) is 5.85.